The van der Waals surface area contributed by atoms with Crippen LogP contribution in [0.3, 0.4) is 0 Å². The van der Waals surface area contributed by atoms with Crippen LogP contribution in [0.5, 0.6) is 0 Å². The molecule has 0 saturated heterocycles. The van der Waals surface area contributed by atoms with Crippen molar-refractivity contribution in [1.82, 2.24) is 9.13 Å². The topological polar surface area (TPSA) is 9.86 Å². The number of hydrogen-bond donors (Lipinski definition) is 0. The van der Waals surface area contributed by atoms with Gasteiger partial charge in [-0.15, -0.1) is 0 Å². The molecular weight excluding hydrogens is 1160 g/mol. The number of para-hydroxylation sites is 2. The highest BCUT2D eigenvalue weighted by Gasteiger charge is 2.47. The second kappa shape index (κ2) is 21.6. The fourth-order valence-electron chi connectivity index (χ4n) is 18.2. The molecule has 0 N–H and O–H groups in total. The molecule has 96 heavy (non-hydrogen) atoms. The summed E-state index contributed by atoms with van der Waals surface area (Å²) in [6.45, 7) is 0. The lowest BCUT2D eigenvalue weighted by Gasteiger charge is -2.28. The first-order valence-corrected chi connectivity index (χ1v) is 34.7. The number of hydrogen-bond acceptors (Lipinski definition) is 0. The second-order valence-corrected chi connectivity index (χ2v) is 27.8. The Balaban J connectivity index is 0.551. The molecule has 0 bridgehead atoms. The Morgan fingerprint density at radius 1 is 0.229 bits per heavy atom. The van der Waals surface area contributed by atoms with Crippen LogP contribution in [-0.4, -0.2) is 9.13 Å². The number of benzene rings is 14. The van der Waals surface area contributed by atoms with E-state index in [-0.39, 0.29) is 10.8 Å². The van der Waals surface area contributed by atoms with Gasteiger partial charge in [0.25, 0.3) is 0 Å². The van der Waals surface area contributed by atoms with E-state index in [1.165, 1.54) is 228 Å². The van der Waals surface area contributed by atoms with Gasteiger partial charge in [-0.1, -0.05) is 281 Å². The molecule has 4 aliphatic rings. The van der Waals surface area contributed by atoms with Gasteiger partial charge >= 0.3 is 0 Å². The summed E-state index contributed by atoms with van der Waals surface area (Å²) < 4.78 is 4.88. The number of nitrogens with zero attached hydrogens (tertiary/aromatic N) is 2. The Hall–Kier alpha value is -11.3. The van der Waals surface area contributed by atoms with Crippen molar-refractivity contribution < 1.29 is 0 Å². The molecule has 14 aromatic carbocycles. The zero-order chi connectivity index (χ0) is 63.1. The normalized spacial score (nSPS) is 15.0. The highest BCUT2D eigenvalue weighted by molar-refractivity contribution is 6.13. The van der Waals surface area contributed by atoms with E-state index in [9.17, 15) is 0 Å². The Bertz CT molecular complexity index is 5570. The molecule has 20 rings (SSSR count). The summed E-state index contributed by atoms with van der Waals surface area (Å²) in [4.78, 5) is 0. The molecule has 2 heterocycles. The van der Waals surface area contributed by atoms with Gasteiger partial charge in [0.1, 0.15) is 0 Å². The van der Waals surface area contributed by atoms with E-state index >= 15 is 0 Å². The van der Waals surface area contributed by atoms with Crippen LogP contribution in [0.4, 0.5) is 0 Å². The Morgan fingerprint density at radius 3 is 0.979 bits per heavy atom. The maximum Gasteiger partial charge on any atom is 0.0541 e. The van der Waals surface area contributed by atoms with Crippen LogP contribution in [0.1, 0.15) is 95.9 Å². The van der Waals surface area contributed by atoms with Crippen molar-refractivity contribution in [1.29, 1.82) is 0 Å². The van der Waals surface area contributed by atoms with Crippen LogP contribution in [0, 0.1) is 0 Å². The van der Waals surface area contributed by atoms with E-state index in [1.807, 2.05) is 0 Å². The van der Waals surface area contributed by atoms with E-state index < -0.39 is 0 Å². The fraction of sp³-hybridized carbons (Fsp3) is 0.106. The van der Waals surface area contributed by atoms with Crippen LogP contribution >= 0.6 is 0 Å². The van der Waals surface area contributed by atoms with Crippen molar-refractivity contribution in [3.8, 4) is 67.0 Å². The predicted molar refractivity (Wildman–Crippen MR) is 407 cm³/mol. The summed E-state index contributed by atoms with van der Waals surface area (Å²) in [5.41, 5.74) is 31.7. The zero-order valence-corrected chi connectivity index (χ0v) is 53.6. The SMILES string of the molecule is C(=C\c1ccc2c(c1)C1(CCCC1)c1cc(-c3ccc4c(c3)C3(CCCC3)c3cc(/C=C/c5ccc(-c6ccc7c(c6)c6ccccc6n7-c6cccc7ccccc67)cc5)ccc3-4)ccc1-2)/c1ccc(-c2ccc3c(c2)c2ccccc2n3-c2cccc3ccccc23)cc1. The smallest absolute Gasteiger partial charge is 0.0541 e. The Morgan fingerprint density at radius 2 is 0.542 bits per heavy atom. The summed E-state index contributed by atoms with van der Waals surface area (Å²) in [5.74, 6) is 0. The average molecular weight is 1230 g/mol. The van der Waals surface area contributed by atoms with Crippen LogP contribution in [-0.2, 0) is 10.8 Å². The van der Waals surface area contributed by atoms with Gasteiger partial charge in [0.05, 0.1) is 33.4 Å². The van der Waals surface area contributed by atoms with Crippen molar-refractivity contribution in [2.75, 3.05) is 0 Å². The first-order valence-electron chi connectivity index (χ1n) is 34.7. The van der Waals surface area contributed by atoms with Crippen molar-refractivity contribution in [3.05, 3.63) is 336 Å². The highest BCUT2D eigenvalue weighted by Crippen LogP contribution is 2.60. The monoisotopic (exact) mass is 1220 g/mol. The van der Waals surface area contributed by atoms with Crippen molar-refractivity contribution >= 4 is 89.5 Å². The molecule has 2 fully saturated rings. The summed E-state index contributed by atoms with van der Waals surface area (Å²) >= 11 is 0. The molecule has 454 valence electrons. The average Bonchev–Trinajstić information content (AvgIpc) is 1.59. The predicted octanol–water partition coefficient (Wildman–Crippen LogP) is 25.2. The van der Waals surface area contributed by atoms with Gasteiger partial charge < -0.3 is 9.13 Å². The Labute approximate surface area is 560 Å². The third-order valence-electron chi connectivity index (χ3n) is 22.8. The first-order chi connectivity index (χ1) is 47.5. The van der Waals surface area contributed by atoms with Gasteiger partial charge in [-0.3, -0.25) is 0 Å². The van der Waals surface area contributed by atoms with Crippen molar-refractivity contribution in [3.63, 3.8) is 0 Å². The number of aromatic nitrogens is 2. The van der Waals surface area contributed by atoms with Gasteiger partial charge in [0.15, 0.2) is 0 Å². The minimum Gasteiger partial charge on any atom is -0.309 e. The molecule has 4 aliphatic carbocycles. The van der Waals surface area contributed by atoms with Crippen LogP contribution < -0.4 is 0 Å². The minimum atomic E-state index is 0.0398. The van der Waals surface area contributed by atoms with Crippen molar-refractivity contribution in [2.24, 2.45) is 0 Å². The van der Waals surface area contributed by atoms with E-state index in [1.54, 1.807) is 0 Å². The maximum absolute atomic E-state index is 2.60. The third kappa shape index (κ3) is 8.50. The summed E-state index contributed by atoms with van der Waals surface area (Å²) in [6.07, 6.45) is 19.1. The van der Waals surface area contributed by atoms with Gasteiger partial charge in [-0.2, -0.15) is 0 Å². The van der Waals surface area contributed by atoms with Gasteiger partial charge in [0.2, 0.25) is 0 Å². The summed E-state index contributed by atoms with van der Waals surface area (Å²) in [5, 5.41) is 10.1. The van der Waals surface area contributed by atoms with Gasteiger partial charge in [0, 0.05) is 43.1 Å². The van der Waals surface area contributed by atoms with Crippen LogP contribution in [0.15, 0.2) is 291 Å². The van der Waals surface area contributed by atoms with Gasteiger partial charge in [-0.25, -0.2) is 0 Å². The second-order valence-electron chi connectivity index (χ2n) is 27.8. The largest absolute Gasteiger partial charge is 0.309 e. The lowest BCUT2D eigenvalue weighted by molar-refractivity contribution is 0.549. The molecule has 2 aromatic heterocycles. The molecule has 0 radical (unpaired) electrons. The molecule has 2 spiro atoms. The third-order valence-corrected chi connectivity index (χ3v) is 22.8. The highest BCUT2D eigenvalue weighted by atomic mass is 15.0. The van der Waals surface area contributed by atoms with Crippen LogP contribution in [0.25, 0.3) is 156 Å². The molecule has 2 saturated carbocycles. The number of rotatable bonds is 9. The van der Waals surface area contributed by atoms with E-state index in [0.29, 0.717) is 0 Å². The molecule has 0 amide bonds. The first kappa shape index (κ1) is 55.2. The van der Waals surface area contributed by atoms with Gasteiger partial charge in [-0.05, 0) is 197 Å². The zero-order valence-electron chi connectivity index (χ0n) is 53.6. The maximum atomic E-state index is 2.60. The summed E-state index contributed by atoms with van der Waals surface area (Å²) in [6, 6.07) is 110. The van der Waals surface area contributed by atoms with E-state index in [0.717, 1.165) is 0 Å². The number of fused-ring (bicyclic) bond motifs is 18. The van der Waals surface area contributed by atoms with Crippen molar-refractivity contribution in [2.45, 2.75) is 62.2 Å². The molecular formula is C94H68N2. The molecule has 0 atom stereocenters. The molecule has 0 unspecified atom stereocenters. The minimum absolute atomic E-state index is 0.0398. The lowest BCUT2D eigenvalue weighted by atomic mass is 9.75. The molecule has 2 nitrogen and oxygen atoms in total. The van der Waals surface area contributed by atoms with E-state index in [4.69, 9.17) is 0 Å². The molecule has 2 heteroatoms. The fourth-order valence-corrected chi connectivity index (χ4v) is 18.2. The van der Waals surface area contributed by atoms with Crippen LogP contribution in [0.2, 0.25) is 0 Å². The summed E-state index contributed by atoms with van der Waals surface area (Å²) in [7, 11) is 0. The quantitative estimate of drug-likeness (QED) is 0.128. The molecule has 0 aliphatic heterocycles. The Kier molecular flexibility index (Phi) is 12.4. The standard InChI is InChI=1S/C94H68N2/c1-3-19-73-67(15-1)17-13-25-87(73)95-89-23-7-5-21-79(89)81-57-69(43-49-91(81)95)65-37-31-61(32-38-65)27-29-63-35-45-75-77-47-41-71(59-85(77)93(83(75)55-63)51-9-10-52-93)72-42-48-78-76-46-36-64(56-84(76)94(86(78)60-72)53-11-12-54-94)30-28-62-33-39-66(40-34-62)70-44-50-92-82(58-70)80-22-6-8-24-90(80)96(92)88-26-14-18-68-16-2-4-20-74(68)88/h1-8,13-50,55-60H,9-12,51-54H2/b29-27+,30-28+. The lowest BCUT2D eigenvalue weighted by Crippen LogP contribution is -2.21. The molecule has 16 aromatic rings. The van der Waals surface area contributed by atoms with E-state index in [2.05, 4.69) is 325 Å².